The predicted molar refractivity (Wildman–Crippen MR) is 85.2 cm³/mol. The van der Waals surface area contributed by atoms with Crippen LogP contribution in [0.1, 0.15) is 6.42 Å². The zero-order valence-corrected chi connectivity index (χ0v) is 12.6. The number of rotatable bonds is 3. The first-order valence-corrected chi connectivity index (χ1v) is 7.44. The minimum Gasteiger partial charge on any atom is -0.508 e. The highest BCUT2D eigenvalue weighted by molar-refractivity contribution is 6.23. The highest BCUT2D eigenvalue weighted by Crippen LogP contribution is 2.35. The normalized spacial score (nSPS) is 19.0. The van der Waals surface area contributed by atoms with Gasteiger partial charge in [-0.05, 0) is 36.4 Å². The summed E-state index contributed by atoms with van der Waals surface area (Å²) in [6.45, 7) is 0.175. The summed E-state index contributed by atoms with van der Waals surface area (Å²) in [5.74, 6) is 0.715. The molecule has 2 aliphatic rings. The van der Waals surface area contributed by atoms with E-state index in [0.717, 1.165) is 4.90 Å². The summed E-state index contributed by atoms with van der Waals surface area (Å²) in [5, 5.41) is 12.4. The number of imide groups is 1. The molecule has 2 N–H and O–H groups in total. The summed E-state index contributed by atoms with van der Waals surface area (Å²) in [5.41, 5.74) is 1.12. The molecular weight excluding hydrogens is 312 g/mol. The Morgan fingerprint density at radius 2 is 1.79 bits per heavy atom. The lowest BCUT2D eigenvalue weighted by molar-refractivity contribution is -0.121. The van der Waals surface area contributed by atoms with Gasteiger partial charge in [-0.2, -0.15) is 0 Å². The van der Waals surface area contributed by atoms with E-state index in [1.165, 1.54) is 24.3 Å². The van der Waals surface area contributed by atoms with E-state index in [0.29, 0.717) is 22.9 Å². The Labute approximate surface area is 137 Å². The lowest BCUT2D eigenvalue weighted by Crippen LogP contribution is -2.34. The zero-order chi connectivity index (χ0) is 16.7. The Morgan fingerprint density at radius 1 is 1.04 bits per heavy atom. The quantitative estimate of drug-likeness (QED) is 0.837. The fourth-order valence-electron chi connectivity index (χ4n) is 2.81. The Bertz CT molecular complexity index is 818. The lowest BCUT2D eigenvalue weighted by atomic mass is 10.2. The molecular formula is C17H14N2O5. The first-order chi connectivity index (χ1) is 11.6. The number of nitrogens with zero attached hydrogens (tertiary/aromatic N) is 1. The van der Waals surface area contributed by atoms with Crippen LogP contribution in [-0.4, -0.2) is 29.8 Å². The SMILES string of the molecule is O=C1C[C@@H](Nc2ccc3c(c2)OCO3)C(=O)N1c1ccc(O)cc1. The van der Waals surface area contributed by atoms with Crippen LogP contribution < -0.4 is 19.7 Å². The number of benzene rings is 2. The fourth-order valence-corrected chi connectivity index (χ4v) is 2.81. The molecule has 0 aliphatic carbocycles. The third kappa shape index (κ3) is 2.40. The molecule has 1 atom stereocenters. The molecule has 2 heterocycles. The van der Waals surface area contributed by atoms with Crippen LogP contribution in [-0.2, 0) is 9.59 Å². The molecule has 0 spiro atoms. The van der Waals surface area contributed by atoms with Crippen molar-refractivity contribution in [2.24, 2.45) is 0 Å². The van der Waals surface area contributed by atoms with E-state index in [9.17, 15) is 14.7 Å². The van der Waals surface area contributed by atoms with Crippen molar-refractivity contribution < 1.29 is 24.2 Å². The molecule has 2 aromatic carbocycles. The minimum absolute atomic E-state index is 0.0636. The number of anilines is 2. The number of phenolic OH excluding ortho intramolecular Hbond substituents is 1. The van der Waals surface area contributed by atoms with Crippen molar-refractivity contribution in [2.45, 2.75) is 12.5 Å². The molecule has 2 aromatic rings. The van der Waals surface area contributed by atoms with E-state index in [1.807, 2.05) is 0 Å². The minimum atomic E-state index is -0.647. The van der Waals surface area contributed by atoms with Gasteiger partial charge in [0, 0.05) is 11.8 Å². The summed E-state index contributed by atoms with van der Waals surface area (Å²) < 4.78 is 10.6. The molecule has 24 heavy (non-hydrogen) atoms. The van der Waals surface area contributed by atoms with Gasteiger partial charge in [-0.15, -0.1) is 0 Å². The molecule has 4 rings (SSSR count). The highest BCUT2D eigenvalue weighted by atomic mass is 16.7. The summed E-state index contributed by atoms with van der Waals surface area (Å²) in [6.07, 6.45) is 0.0636. The van der Waals surface area contributed by atoms with Gasteiger partial charge in [-0.3, -0.25) is 9.59 Å². The number of carbonyl (C=O) groups excluding carboxylic acids is 2. The number of phenols is 1. The van der Waals surface area contributed by atoms with E-state index >= 15 is 0 Å². The monoisotopic (exact) mass is 326 g/mol. The van der Waals surface area contributed by atoms with Crippen LogP contribution in [0.3, 0.4) is 0 Å². The van der Waals surface area contributed by atoms with Gasteiger partial charge >= 0.3 is 0 Å². The van der Waals surface area contributed by atoms with Crippen LogP contribution in [0.15, 0.2) is 42.5 Å². The van der Waals surface area contributed by atoms with Gasteiger partial charge < -0.3 is 19.9 Å². The number of hydrogen-bond donors (Lipinski definition) is 2. The molecule has 0 aromatic heterocycles. The van der Waals surface area contributed by atoms with Crippen LogP contribution in [0.5, 0.6) is 17.2 Å². The number of hydrogen-bond acceptors (Lipinski definition) is 6. The van der Waals surface area contributed by atoms with Gasteiger partial charge in [-0.1, -0.05) is 0 Å². The highest BCUT2D eigenvalue weighted by Gasteiger charge is 2.39. The van der Waals surface area contributed by atoms with E-state index < -0.39 is 6.04 Å². The summed E-state index contributed by atoms with van der Waals surface area (Å²) >= 11 is 0. The Balaban J connectivity index is 1.54. The number of ether oxygens (including phenoxy) is 2. The average molecular weight is 326 g/mol. The fraction of sp³-hybridized carbons (Fsp3) is 0.176. The number of nitrogens with one attached hydrogen (secondary N) is 1. The third-order valence-electron chi connectivity index (χ3n) is 3.97. The van der Waals surface area contributed by atoms with Gasteiger partial charge in [0.1, 0.15) is 11.8 Å². The van der Waals surface area contributed by atoms with Gasteiger partial charge in [-0.25, -0.2) is 4.90 Å². The third-order valence-corrected chi connectivity index (χ3v) is 3.97. The van der Waals surface area contributed by atoms with Gasteiger partial charge in [0.2, 0.25) is 12.7 Å². The Morgan fingerprint density at radius 3 is 2.58 bits per heavy atom. The lowest BCUT2D eigenvalue weighted by Gasteiger charge is -2.16. The number of fused-ring (bicyclic) bond motifs is 1. The molecule has 0 radical (unpaired) electrons. The number of aromatic hydroxyl groups is 1. The second-order valence-electron chi connectivity index (χ2n) is 5.55. The molecule has 2 aliphatic heterocycles. The number of carbonyl (C=O) groups is 2. The van der Waals surface area contributed by atoms with E-state index in [1.54, 1.807) is 18.2 Å². The topological polar surface area (TPSA) is 88.1 Å². The van der Waals surface area contributed by atoms with Crippen molar-refractivity contribution in [3.63, 3.8) is 0 Å². The van der Waals surface area contributed by atoms with Crippen molar-refractivity contribution in [3.8, 4) is 17.2 Å². The smallest absolute Gasteiger partial charge is 0.256 e. The van der Waals surface area contributed by atoms with Crippen LogP contribution in [0.4, 0.5) is 11.4 Å². The van der Waals surface area contributed by atoms with E-state index in [-0.39, 0.29) is 30.8 Å². The van der Waals surface area contributed by atoms with Crippen LogP contribution in [0.2, 0.25) is 0 Å². The summed E-state index contributed by atoms with van der Waals surface area (Å²) in [7, 11) is 0. The molecule has 7 heteroatoms. The van der Waals surface area contributed by atoms with Crippen molar-refractivity contribution in [1.29, 1.82) is 0 Å². The summed E-state index contributed by atoms with van der Waals surface area (Å²) in [4.78, 5) is 25.9. The van der Waals surface area contributed by atoms with Crippen molar-refractivity contribution >= 4 is 23.2 Å². The largest absolute Gasteiger partial charge is 0.508 e. The first-order valence-electron chi connectivity index (χ1n) is 7.44. The van der Waals surface area contributed by atoms with Crippen molar-refractivity contribution in [3.05, 3.63) is 42.5 Å². The molecule has 122 valence electrons. The van der Waals surface area contributed by atoms with Crippen LogP contribution in [0.25, 0.3) is 0 Å². The number of amides is 2. The van der Waals surface area contributed by atoms with Crippen molar-refractivity contribution in [2.75, 3.05) is 17.0 Å². The van der Waals surface area contributed by atoms with Gasteiger partial charge in [0.15, 0.2) is 11.5 Å². The van der Waals surface area contributed by atoms with Gasteiger partial charge in [0.25, 0.3) is 5.91 Å². The van der Waals surface area contributed by atoms with Gasteiger partial charge in [0.05, 0.1) is 12.1 Å². The Kier molecular flexibility index (Phi) is 3.26. The molecule has 1 saturated heterocycles. The second kappa shape index (κ2) is 5.45. The molecule has 0 bridgehead atoms. The first kappa shape index (κ1) is 14.4. The maximum absolute atomic E-state index is 12.6. The molecule has 1 fully saturated rings. The summed E-state index contributed by atoms with van der Waals surface area (Å²) in [6, 6.07) is 10.6. The second-order valence-corrected chi connectivity index (χ2v) is 5.55. The van der Waals surface area contributed by atoms with E-state index in [2.05, 4.69) is 5.32 Å². The standard InChI is InChI=1S/C17H14N2O5/c20-12-4-2-11(3-5-12)19-16(21)8-13(17(19)22)18-10-1-6-14-15(7-10)24-9-23-14/h1-7,13,18,20H,8-9H2/t13-/m1/s1. The molecule has 7 nitrogen and oxygen atoms in total. The maximum Gasteiger partial charge on any atom is 0.256 e. The van der Waals surface area contributed by atoms with Crippen LogP contribution >= 0.6 is 0 Å². The van der Waals surface area contributed by atoms with E-state index in [4.69, 9.17) is 9.47 Å². The van der Waals surface area contributed by atoms with Crippen molar-refractivity contribution in [1.82, 2.24) is 0 Å². The average Bonchev–Trinajstić information content (AvgIpc) is 3.13. The van der Waals surface area contributed by atoms with Crippen LogP contribution in [0, 0.1) is 0 Å². The maximum atomic E-state index is 12.6. The Hall–Kier alpha value is -3.22. The zero-order valence-electron chi connectivity index (χ0n) is 12.6. The molecule has 0 saturated carbocycles. The molecule has 2 amide bonds. The predicted octanol–water partition coefficient (Wildman–Crippen LogP) is 1.86. The molecule has 0 unspecified atom stereocenters.